The summed E-state index contributed by atoms with van der Waals surface area (Å²) in [6, 6.07) is 11.3. The summed E-state index contributed by atoms with van der Waals surface area (Å²) >= 11 is 12.2. The topological polar surface area (TPSA) is 75.5 Å². The number of anilines is 1. The van der Waals surface area contributed by atoms with E-state index in [1.54, 1.807) is 23.1 Å². The molecule has 0 unspecified atom stereocenters. The van der Waals surface area contributed by atoms with Gasteiger partial charge in [-0.3, -0.25) is 0 Å². The molecule has 2 heterocycles. The Hall–Kier alpha value is -2.97. The van der Waals surface area contributed by atoms with Crippen LogP contribution < -0.4 is 15.0 Å². The lowest BCUT2D eigenvalue weighted by Gasteiger charge is -2.25. The number of ether oxygens (including phenoxy) is 1. The highest BCUT2D eigenvalue weighted by Gasteiger charge is 2.20. The number of hydrogen-bond acceptors (Lipinski definition) is 5. The van der Waals surface area contributed by atoms with E-state index in [0.717, 1.165) is 42.2 Å². The first-order valence-corrected chi connectivity index (χ1v) is 12.1. The van der Waals surface area contributed by atoms with Gasteiger partial charge in [0.15, 0.2) is 0 Å². The van der Waals surface area contributed by atoms with Crippen molar-refractivity contribution in [2.24, 2.45) is 0 Å². The van der Waals surface area contributed by atoms with E-state index < -0.39 is 0 Å². The fourth-order valence-corrected chi connectivity index (χ4v) is 4.42. The second kappa shape index (κ2) is 11.0. The molecule has 0 spiro atoms. The fraction of sp³-hybridized carbons (Fsp3) is 0.375. The molecule has 2 aromatic carbocycles. The third kappa shape index (κ3) is 5.74. The van der Waals surface area contributed by atoms with Crippen LogP contribution >= 0.6 is 23.2 Å². The smallest absolute Gasteiger partial charge is 0.317 e. The van der Waals surface area contributed by atoms with Crippen molar-refractivity contribution in [3.8, 4) is 11.4 Å². The summed E-state index contributed by atoms with van der Waals surface area (Å²) in [4.78, 5) is 21.1. The Labute approximate surface area is 209 Å². The van der Waals surface area contributed by atoms with Gasteiger partial charge in [0.25, 0.3) is 0 Å². The van der Waals surface area contributed by atoms with Crippen molar-refractivity contribution in [1.82, 2.24) is 25.0 Å². The number of hydrogen-bond donors (Lipinski definition) is 1. The molecule has 1 saturated heterocycles. The standard InChI is InChI=1S/C24H28Cl2N6O2/c1-3-34-23-14-20(7-8-22(23)32-16-28-17(2)29-32)30-9-4-10-31(12-11-30)24(33)27-15-18-5-6-19(25)13-21(18)26/h5-8,13-14,16H,3-4,9-12,15H2,1-2H3,(H,27,33). The zero-order chi connectivity index (χ0) is 24.1. The van der Waals surface area contributed by atoms with Crippen LogP contribution in [-0.4, -0.2) is 58.5 Å². The Morgan fingerprint density at radius 1 is 1.12 bits per heavy atom. The maximum Gasteiger partial charge on any atom is 0.317 e. The zero-order valence-corrected chi connectivity index (χ0v) is 20.8. The average molecular weight is 503 g/mol. The molecule has 8 nitrogen and oxygen atoms in total. The van der Waals surface area contributed by atoms with Crippen molar-refractivity contribution in [3.63, 3.8) is 0 Å². The van der Waals surface area contributed by atoms with Gasteiger partial charge in [-0.25, -0.2) is 14.5 Å². The van der Waals surface area contributed by atoms with Gasteiger partial charge >= 0.3 is 6.03 Å². The molecule has 3 aromatic rings. The maximum absolute atomic E-state index is 12.8. The maximum atomic E-state index is 12.8. The van der Waals surface area contributed by atoms with Gasteiger partial charge in [-0.05, 0) is 50.1 Å². The minimum Gasteiger partial charge on any atom is -0.492 e. The zero-order valence-electron chi connectivity index (χ0n) is 19.3. The SMILES string of the molecule is CCOc1cc(N2CCCN(C(=O)NCc3ccc(Cl)cc3Cl)CC2)ccc1-n1cnc(C)n1. The van der Waals surface area contributed by atoms with Crippen LogP contribution in [0.25, 0.3) is 5.69 Å². The molecule has 34 heavy (non-hydrogen) atoms. The number of carbonyl (C=O) groups is 1. The van der Waals surface area contributed by atoms with E-state index in [1.165, 1.54) is 0 Å². The van der Waals surface area contributed by atoms with Crippen molar-refractivity contribution in [2.75, 3.05) is 37.7 Å². The van der Waals surface area contributed by atoms with Gasteiger partial charge in [-0.15, -0.1) is 0 Å². The second-order valence-corrected chi connectivity index (χ2v) is 8.89. The first-order chi connectivity index (χ1) is 16.4. The first kappa shape index (κ1) is 24.2. The molecular formula is C24H28Cl2N6O2. The summed E-state index contributed by atoms with van der Waals surface area (Å²) in [5.41, 5.74) is 2.74. The molecule has 1 aromatic heterocycles. The Kier molecular flexibility index (Phi) is 7.80. The van der Waals surface area contributed by atoms with E-state index in [4.69, 9.17) is 27.9 Å². The van der Waals surface area contributed by atoms with Gasteiger partial charge in [0.05, 0.1) is 6.61 Å². The lowest BCUT2D eigenvalue weighted by atomic mass is 10.2. The molecule has 0 saturated carbocycles. The van der Waals surface area contributed by atoms with Crippen molar-refractivity contribution in [2.45, 2.75) is 26.8 Å². The van der Waals surface area contributed by atoms with Crippen LogP contribution in [0.4, 0.5) is 10.5 Å². The van der Waals surface area contributed by atoms with Gasteiger partial charge in [0.1, 0.15) is 23.6 Å². The molecule has 180 valence electrons. The molecule has 0 aliphatic carbocycles. The Balaban J connectivity index is 1.40. The molecule has 1 aliphatic heterocycles. The number of carbonyl (C=O) groups excluding carboxylic acids is 1. The van der Waals surface area contributed by atoms with Gasteiger partial charge in [0, 0.05) is 54.5 Å². The quantitative estimate of drug-likeness (QED) is 0.528. The molecule has 1 aliphatic rings. The van der Waals surface area contributed by atoms with Crippen LogP contribution in [0.3, 0.4) is 0 Å². The van der Waals surface area contributed by atoms with Crippen molar-refractivity contribution in [1.29, 1.82) is 0 Å². The summed E-state index contributed by atoms with van der Waals surface area (Å²) in [7, 11) is 0. The molecular weight excluding hydrogens is 475 g/mol. The number of aryl methyl sites for hydroxylation is 1. The third-order valence-electron chi connectivity index (χ3n) is 5.69. The fourth-order valence-electron chi connectivity index (χ4n) is 3.95. The number of halogens is 2. The largest absolute Gasteiger partial charge is 0.492 e. The highest BCUT2D eigenvalue weighted by Crippen LogP contribution is 2.29. The Morgan fingerprint density at radius 3 is 2.71 bits per heavy atom. The van der Waals surface area contributed by atoms with Crippen molar-refractivity contribution in [3.05, 3.63) is 64.2 Å². The van der Waals surface area contributed by atoms with Gasteiger partial charge in [-0.1, -0.05) is 29.3 Å². The number of rotatable bonds is 6. The van der Waals surface area contributed by atoms with Crippen LogP contribution in [0.1, 0.15) is 24.7 Å². The molecule has 1 fully saturated rings. The Bertz CT molecular complexity index is 1150. The summed E-state index contributed by atoms with van der Waals surface area (Å²) in [6.07, 6.45) is 2.55. The molecule has 0 atom stereocenters. The normalized spacial score (nSPS) is 14.1. The molecule has 1 N–H and O–H groups in total. The minimum absolute atomic E-state index is 0.0974. The van der Waals surface area contributed by atoms with Gasteiger partial charge in [0.2, 0.25) is 0 Å². The monoisotopic (exact) mass is 502 g/mol. The van der Waals surface area contributed by atoms with Crippen molar-refractivity contribution >= 4 is 34.9 Å². The van der Waals surface area contributed by atoms with E-state index in [1.807, 2.05) is 36.9 Å². The lowest BCUT2D eigenvalue weighted by Crippen LogP contribution is -2.41. The predicted molar refractivity (Wildman–Crippen MR) is 134 cm³/mol. The van der Waals surface area contributed by atoms with Crippen LogP contribution in [0.2, 0.25) is 10.0 Å². The molecule has 2 amide bonds. The van der Waals surface area contributed by atoms with E-state index >= 15 is 0 Å². The van der Waals surface area contributed by atoms with E-state index in [0.29, 0.717) is 42.1 Å². The number of amides is 2. The number of nitrogens with one attached hydrogen (secondary N) is 1. The summed E-state index contributed by atoms with van der Waals surface area (Å²) in [5.74, 6) is 1.46. The first-order valence-electron chi connectivity index (χ1n) is 11.3. The second-order valence-electron chi connectivity index (χ2n) is 8.04. The number of urea groups is 1. The molecule has 0 radical (unpaired) electrons. The number of aromatic nitrogens is 3. The van der Waals surface area contributed by atoms with E-state index in [9.17, 15) is 4.79 Å². The van der Waals surface area contributed by atoms with Crippen LogP contribution in [0.5, 0.6) is 5.75 Å². The lowest BCUT2D eigenvalue weighted by molar-refractivity contribution is 0.201. The van der Waals surface area contributed by atoms with Crippen LogP contribution in [0.15, 0.2) is 42.7 Å². The third-order valence-corrected chi connectivity index (χ3v) is 6.28. The van der Waals surface area contributed by atoms with E-state index in [2.05, 4.69) is 26.4 Å². The highest BCUT2D eigenvalue weighted by atomic mass is 35.5. The molecule has 4 rings (SSSR count). The van der Waals surface area contributed by atoms with Crippen LogP contribution in [0, 0.1) is 6.92 Å². The summed E-state index contributed by atoms with van der Waals surface area (Å²) < 4.78 is 7.63. The predicted octanol–water partition coefficient (Wildman–Crippen LogP) is 4.70. The number of benzene rings is 2. The molecule has 10 heteroatoms. The summed E-state index contributed by atoms with van der Waals surface area (Å²) in [6.45, 7) is 7.60. The van der Waals surface area contributed by atoms with Crippen molar-refractivity contribution < 1.29 is 9.53 Å². The summed E-state index contributed by atoms with van der Waals surface area (Å²) in [5, 5.41) is 8.50. The highest BCUT2D eigenvalue weighted by molar-refractivity contribution is 6.35. The van der Waals surface area contributed by atoms with E-state index in [-0.39, 0.29) is 6.03 Å². The minimum atomic E-state index is -0.0974. The molecule has 0 bridgehead atoms. The van der Waals surface area contributed by atoms with Gasteiger partial charge < -0.3 is 19.9 Å². The van der Waals surface area contributed by atoms with Gasteiger partial charge in [-0.2, -0.15) is 5.10 Å². The van der Waals surface area contributed by atoms with Crippen LogP contribution in [-0.2, 0) is 6.54 Å². The average Bonchev–Trinajstić information content (AvgIpc) is 3.10. The number of nitrogens with zero attached hydrogens (tertiary/aromatic N) is 5. The Morgan fingerprint density at radius 2 is 1.97 bits per heavy atom.